The van der Waals surface area contributed by atoms with Gasteiger partial charge in [0.1, 0.15) is 0 Å². The summed E-state index contributed by atoms with van der Waals surface area (Å²) in [6.45, 7) is 7.03. The molecule has 1 N–H and O–H groups in total. The number of aliphatic hydroxyl groups is 1. The van der Waals surface area contributed by atoms with E-state index < -0.39 is 16.1 Å². The summed E-state index contributed by atoms with van der Waals surface area (Å²) in [5, 5.41) is 10.7. The molecule has 0 spiro atoms. The largest absolute Gasteiger partial charge is 0.390 e. The van der Waals surface area contributed by atoms with E-state index >= 15 is 0 Å². The highest BCUT2D eigenvalue weighted by molar-refractivity contribution is 7.92. The maximum atomic E-state index is 13.3. The van der Waals surface area contributed by atoms with E-state index in [0.717, 1.165) is 24.2 Å². The van der Waals surface area contributed by atoms with E-state index in [-0.39, 0.29) is 11.4 Å². The fraction of sp³-hybridized carbons (Fsp3) is 0.429. The average Bonchev–Trinajstić information content (AvgIpc) is 2.68. The molecule has 0 unspecified atom stereocenters. The minimum atomic E-state index is -3.79. The molecule has 2 aromatic rings. The lowest BCUT2D eigenvalue weighted by atomic mass is 10.2. The lowest BCUT2D eigenvalue weighted by Crippen LogP contribution is -2.46. The predicted octanol–water partition coefficient (Wildman–Crippen LogP) is 2.19. The van der Waals surface area contributed by atoms with Gasteiger partial charge >= 0.3 is 0 Å². The van der Waals surface area contributed by atoms with Crippen molar-refractivity contribution in [2.45, 2.75) is 24.8 Å². The van der Waals surface area contributed by atoms with Crippen molar-refractivity contribution in [3.05, 3.63) is 59.7 Å². The van der Waals surface area contributed by atoms with Gasteiger partial charge in [-0.15, -0.1) is 0 Å². The number of hydrogen-bond donors (Lipinski definition) is 1. The van der Waals surface area contributed by atoms with Gasteiger partial charge < -0.3 is 9.84 Å². The minimum absolute atomic E-state index is 0.00335. The molecule has 1 atom stereocenters. The van der Waals surface area contributed by atoms with Crippen molar-refractivity contribution in [2.75, 3.05) is 43.7 Å². The number of nitrogens with zero attached hydrogens (tertiary/aromatic N) is 2. The zero-order chi connectivity index (χ0) is 20.1. The van der Waals surface area contributed by atoms with Crippen LogP contribution in [-0.4, -0.2) is 63.9 Å². The van der Waals surface area contributed by atoms with Gasteiger partial charge in [-0.3, -0.25) is 9.21 Å². The summed E-state index contributed by atoms with van der Waals surface area (Å²) >= 11 is 0. The van der Waals surface area contributed by atoms with Gasteiger partial charge in [-0.1, -0.05) is 35.4 Å². The third-order valence-corrected chi connectivity index (χ3v) is 6.69. The molecule has 7 heteroatoms. The van der Waals surface area contributed by atoms with Gasteiger partial charge in [0.15, 0.2) is 0 Å². The van der Waals surface area contributed by atoms with Crippen LogP contribution in [0.4, 0.5) is 5.69 Å². The van der Waals surface area contributed by atoms with Gasteiger partial charge in [0.25, 0.3) is 10.0 Å². The van der Waals surface area contributed by atoms with E-state index in [9.17, 15) is 13.5 Å². The Morgan fingerprint density at radius 1 is 1.00 bits per heavy atom. The number of hydrogen-bond acceptors (Lipinski definition) is 5. The van der Waals surface area contributed by atoms with Crippen LogP contribution in [-0.2, 0) is 14.8 Å². The number of rotatable bonds is 7. The van der Waals surface area contributed by atoms with Crippen molar-refractivity contribution in [3.8, 4) is 0 Å². The van der Waals surface area contributed by atoms with Crippen molar-refractivity contribution >= 4 is 15.7 Å². The van der Waals surface area contributed by atoms with Crippen LogP contribution in [0.1, 0.15) is 11.1 Å². The Hall–Kier alpha value is -1.93. The predicted molar refractivity (Wildman–Crippen MR) is 110 cm³/mol. The fourth-order valence-corrected chi connectivity index (χ4v) is 4.72. The van der Waals surface area contributed by atoms with Crippen LogP contribution in [0.3, 0.4) is 0 Å². The Bertz CT molecular complexity index is 860. The van der Waals surface area contributed by atoms with E-state index in [1.807, 2.05) is 26.0 Å². The maximum absolute atomic E-state index is 13.3. The van der Waals surface area contributed by atoms with E-state index in [2.05, 4.69) is 4.90 Å². The first-order valence-electron chi connectivity index (χ1n) is 9.50. The minimum Gasteiger partial charge on any atom is -0.390 e. The molecule has 0 bridgehead atoms. The second kappa shape index (κ2) is 9.05. The van der Waals surface area contributed by atoms with Gasteiger partial charge in [0, 0.05) is 19.6 Å². The van der Waals surface area contributed by atoms with Crippen molar-refractivity contribution in [2.24, 2.45) is 0 Å². The SMILES string of the molecule is Cc1ccc(N(C[C@@H](O)CN2CCOCC2)S(=O)(=O)c2ccc(C)cc2)cc1. The van der Waals surface area contributed by atoms with Crippen LogP contribution in [0.2, 0.25) is 0 Å². The summed E-state index contributed by atoms with van der Waals surface area (Å²) in [4.78, 5) is 2.32. The average molecular weight is 405 g/mol. The summed E-state index contributed by atoms with van der Waals surface area (Å²) in [5.74, 6) is 0. The molecule has 0 aromatic heterocycles. The molecule has 1 heterocycles. The van der Waals surface area contributed by atoms with Crippen molar-refractivity contribution < 1.29 is 18.3 Å². The zero-order valence-corrected chi connectivity index (χ0v) is 17.2. The molecular formula is C21H28N2O4S. The molecule has 1 aliphatic heterocycles. The summed E-state index contributed by atoms with van der Waals surface area (Å²) in [7, 11) is -3.79. The van der Waals surface area contributed by atoms with E-state index in [1.54, 1.807) is 36.4 Å². The molecule has 0 aliphatic carbocycles. The van der Waals surface area contributed by atoms with Crippen LogP contribution >= 0.6 is 0 Å². The molecule has 1 fully saturated rings. The van der Waals surface area contributed by atoms with E-state index in [4.69, 9.17) is 4.74 Å². The Kier molecular flexibility index (Phi) is 6.72. The monoisotopic (exact) mass is 404 g/mol. The molecule has 6 nitrogen and oxygen atoms in total. The highest BCUT2D eigenvalue weighted by Crippen LogP contribution is 2.25. The first kappa shape index (κ1) is 20.8. The standard InChI is InChI=1S/C21H28N2O4S/c1-17-3-7-19(8-4-17)23(16-20(24)15-22-11-13-27-14-12-22)28(25,26)21-9-5-18(2)6-10-21/h3-10,20,24H,11-16H2,1-2H3/t20-/m0/s1. The smallest absolute Gasteiger partial charge is 0.264 e. The molecule has 1 saturated heterocycles. The Morgan fingerprint density at radius 3 is 2.11 bits per heavy atom. The number of aryl methyl sites for hydroxylation is 2. The first-order valence-corrected chi connectivity index (χ1v) is 10.9. The summed E-state index contributed by atoms with van der Waals surface area (Å²) in [5.41, 5.74) is 2.59. The van der Waals surface area contributed by atoms with Crippen LogP contribution in [0, 0.1) is 13.8 Å². The van der Waals surface area contributed by atoms with Crippen LogP contribution in [0.25, 0.3) is 0 Å². The summed E-state index contributed by atoms with van der Waals surface area (Å²) in [6, 6.07) is 14.1. The van der Waals surface area contributed by atoms with Crippen LogP contribution in [0.15, 0.2) is 53.4 Å². The lowest BCUT2D eigenvalue weighted by molar-refractivity contribution is 0.0166. The quantitative estimate of drug-likeness (QED) is 0.766. The maximum Gasteiger partial charge on any atom is 0.264 e. The van der Waals surface area contributed by atoms with Gasteiger partial charge in [-0.2, -0.15) is 0 Å². The molecule has 1 aliphatic rings. The molecule has 28 heavy (non-hydrogen) atoms. The number of aliphatic hydroxyl groups excluding tert-OH is 1. The number of benzene rings is 2. The number of ether oxygens (including phenoxy) is 1. The van der Waals surface area contributed by atoms with Crippen LogP contribution < -0.4 is 4.31 Å². The van der Waals surface area contributed by atoms with Crippen molar-refractivity contribution in [1.82, 2.24) is 4.90 Å². The Labute approximate surface area is 167 Å². The van der Waals surface area contributed by atoms with Crippen LogP contribution in [0.5, 0.6) is 0 Å². The highest BCUT2D eigenvalue weighted by Gasteiger charge is 2.28. The third-order valence-electron chi connectivity index (χ3n) is 4.88. The number of β-amino-alcohol motifs (C(OH)–C–C–N with tert-alkyl or cyclic N) is 1. The summed E-state index contributed by atoms with van der Waals surface area (Å²) in [6.07, 6.45) is -0.806. The molecule has 3 rings (SSSR count). The fourth-order valence-electron chi connectivity index (χ4n) is 3.22. The molecule has 0 amide bonds. The topological polar surface area (TPSA) is 70.1 Å². The second-order valence-corrected chi connectivity index (χ2v) is 9.11. The van der Waals surface area contributed by atoms with Gasteiger partial charge in [-0.05, 0) is 38.1 Å². The lowest BCUT2D eigenvalue weighted by Gasteiger charge is -2.31. The zero-order valence-electron chi connectivity index (χ0n) is 16.4. The van der Waals surface area contributed by atoms with Gasteiger partial charge in [-0.25, -0.2) is 8.42 Å². The molecule has 152 valence electrons. The Balaban J connectivity index is 1.86. The van der Waals surface area contributed by atoms with Crippen molar-refractivity contribution in [3.63, 3.8) is 0 Å². The third kappa shape index (κ3) is 5.11. The van der Waals surface area contributed by atoms with Crippen molar-refractivity contribution in [1.29, 1.82) is 0 Å². The molecule has 2 aromatic carbocycles. The Morgan fingerprint density at radius 2 is 1.54 bits per heavy atom. The van der Waals surface area contributed by atoms with E-state index in [0.29, 0.717) is 25.4 Å². The number of sulfonamides is 1. The second-order valence-electron chi connectivity index (χ2n) is 7.25. The number of morpholine rings is 1. The molecule has 0 saturated carbocycles. The number of anilines is 1. The van der Waals surface area contributed by atoms with E-state index in [1.165, 1.54) is 4.31 Å². The highest BCUT2D eigenvalue weighted by atomic mass is 32.2. The van der Waals surface area contributed by atoms with Gasteiger partial charge in [0.05, 0.1) is 36.4 Å². The van der Waals surface area contributed by atoms with Gasteiger partial charge in [0.2, 0.25) is 0 Å². The molecular weight excluding hydrogens is 376 g/mol. The normalized spacial score (nSPS) is 16.7. The first-order chi connectivity index (χ1) is 13.4. The summed E-state index contributed by atoms with van der Waals surface area (Å²) < 4.78 is 33.3. The molecule has 0 radical (unpaired) electrons.